The van der Waals surface area contributed by atoms with Gasteiger partial charge in [0.15, 0.2) is 10.2 Å². The Hall–Kier alpha value is -2.13. The second kappa shape index (κ2) is 8.31. The van der Waals surface area contributed by atoms with Gasteiger partial charge in [0.25, 0.3) is 0 Å². The van der Waals surface area contributed by atoms with Gasteiger partial charge in [-0.15, -0.1) is 0 Å². The van der Waals surface area contributed by atoms with E-state index in [4.69, 9.17) is 16.3 Å². The molecule has 10 heteroatoms. The molecule has 1 aromatic carbocycles. The molecule has 1 unspecified atom stereocenters. The van der Waals surface area contributed by atoms with Crippen molar-refractivity contribution in [2.75, 3.05) is 13.1 Å². The van der Waals surface area contributed by atoms with Crippen molar-refractivity contribution < 1.29 is 22.3 Å². The van der Waals surface area contributed by atoms with Gasteiger partial charge in [0.2, 0.25) is 14.8 Å². The van der Waals surface area contributed by atoms with Crippen molar-refractivity contribution in [2.24, 2.45) is 13.0 Å². The number of hydrogen-bond acceptors (Lipinski definition) is 5. The second-order valence-corrected chi connectivity index (χ2v) is 9.83. The van der Waals surface area contributed by atoms with E-state index in [1.807, 2.05) is 30.3 Å². The number of amides is 1. The zero-order chi connectivity index (χ0) is 21.2. The molecule has 158 valence electrons. The third-order valence-corrected chi connectivity index (χ3v) is 7.80. The first-order valence-corrected chi connectivity index (χ1v) is 11.1. The lowest BCUT2D eigenvalue weighted by Gasteiger charge is -2.37. The Morgan fingerprint density at radius 2 is 1.93 bits per heavy atom. The van der Waals surface area contributed by atoms with Gasteiger partial charge in [0.05, 0.1) is 0 Å². The van der Waals surface area contributed by atoms with Crippen LogP contribution >= 0.6 is 11.6 Å². The Labute approximate surface area is 174 Å². The summed E-state index contributed by atoms with van der Waals surface area (Å²) in [6.45, 7) is 1.66. The third kappa shape index (κ3) is 4.40. The van der Waals surface area contributed by atoms with Crippen LogP contribution < -0.4 is 0 Å². The Bertz CT molecular complexity index is 971. The molecule has 1 aromatic heterocycles. The van der Waals surface area contributed by atoms with Crippen molar-refractivity contribution in [1.29, 1.82) is 0 Å². The molecule has 1 aliphatic heterocycles. The Morgan fingerprint density at radius 3 is 2.48 bits per heavy atom. The van der Waals surface area contributed by atoms with E-state index in [2.05, 4.69) is 5.10 Å². The highest BCUT2D eigenvalue weighted by molar-refractivity contribution is 7.92. The van der Waals surface area contributed by atoms with Crippen LogP contribution in [-0.2, 0) is 28.2 Å². The summed E-state index contributed by atoms with van der Waals surface area (Å²) in [7, 11) is -2.91. The van der Waals surface area contributed by atoms with Crippen molar-refractivity contribution in [1.82, 2.24) is 14.7 Å². The lowest BCUT2D eigenvalue weighted by Crippen LogP contribution is -2.47. The van der Waals surface area contributed by atoms with Crippen molar-refractivity contribution in [3.63, 3.8) is 0 Å². The van der Waals surface area contributed by atoms with E-state index in [1.165, 1.54) is 11.9 Å². The highest BCUT2D eigenvalue weighted by atomic mass is 35.5. The lowest BCUT2D eigenvalue weighted by molar-refractivity contribution is 0.0651. The number of piperidine rings is 1. The molecule has 0 bridgehead atoms. The van der Waals surface area contributed by atoms with Gasteiger partial charge in [-0.2, -0.15) is 5.10 Å². The minimum atomic E-state index is -4.32. The van der Waals surface area contributed by atoms with Crippen LogP contribution in [0.4, 0.5) is 9.18 Å². The maximum absolute atomic E-state index is 15.5. The van der Waals surface area contributed by atoms with Gasteiger partial charge in [0, 0.05) is 32.1 Å². The first kappa shape index (κ1) is 21.6. The number of ether oxygens (including phenoxy) is 1. The molecule has 0 N–H and O–H groups in total. The van der Waals surface area contributed by atoms with Crippen molar-refractivity contribution in [3.8, 4) is 0 Å². The second-order valence-electron chi connectivity index (χ2n) is 7.22. The fraction of sp³-hybridized carbons (Fsp3) is 0.474. The average molecular weight is 444 g/mol. The maximum atomic E-state index is 15.5. The van der Waals surface area contributed by atoms with E-state index in [9.17, 15) is 13.2 Å². The first-order valence-electron chi connectivity index (χ1n) is 9.21. The Kier molecular flexibility index (Phi) is 6.19. The number of aryl methyl sites for hydroxylation is 1. The average Bonchev–Trinajstić information content (AvgIpc) is 3.05. The van der Waals surface area contributed by atoms with Gasteiger partial charge >= 0.3 is 6.09 Å². The van der Waals surface area contributed by atoms with Crippen LogP contribution in [0.1, 0.15) is 25.3 Å². The highest BCUT2D eigenvalue weighted by Crippen LogP contribution is 2.39. The largest absolute Gasteiger partial charge is 0.445 e. The zero-order valence-corrected chi connectivity index (χ0v) is 17.8. The van der Waals surface area contributed by atoms with Crippen LogP contribution in [0.25, 0.3) is 0 Å². The number of rotatable bonds is 5. The van der Waals surface area contributed by atoms with Gasteiger partial charge in [-0.1, -0.05) is 41.9 Å². The van der Waals surface area contributed by atoms with Crippen LogP contribution in [-0.4, -0.2) is 47.3 Å². The fourth-order valence-corrected chi connectivity index (χ4v) is 5.50. The summed E-state index contributed by atoms with van der Waals surface area (Å²) in [5.74, 6) is -0.764. The van der Waals surface area contributed by atoms with Crippen LogP contribution in [0.3, 0.4) is 0 Å². The summed E-state index contributed by atoms with van der Waals surface area (Å²) in [6.07, 6.45) is -0.0783. The molecule has 0 spiro atoms. The van der Waals surface area contributed by atoms with E-state index >= 15 is 4.39 Å². The van der Waals surface area contributed by atoms with Crippen molar-refractivity contribution in [3.05, 3.63) is 47.1 Å². The van der Waals surface area contributed by atoms with E-state index in [0.717, 1.165) is 23.2 Å². The van der Waals surface area contributed by atoms with E-state index in [-0.39, 0.29) is 42.7 Å². The molecule has 1 saturated heterocycles. The number of sulfone groups is 1. The van der Waals surface area contributed by atoms with E-state index in [1.54, 1.807) is 0 Å². The molecule has 1 atom stereocenters. The van der Waals surface area contributed by atoms with Crippen LogP contribution in [0.5, 0.6) is 0 Å². The summed E-state index contributed by atoms with van der Waals surface area (Å²) in [5, 5.41) is 0.991. The molecule has 3 rings (SSSR count). The molecule has 1 aliphatic rings. The summed E-state index contributed by atoms with van der Waals surface area (Å²) in [6, 6.07) is 10.4. The fourth-order valence-electron chi connectivity index (χ4n) is 3.48. The Morgan fingerprint density at radius 1 is 1.31 bits per heavy atom. The highest BCUT2D eigenvalue weighted by Gasteiger charge is 2.50. The molecule has 1 fully saturated rings. The van der Waals surface area contributed by atoms with Crippen molar-refractivity contribution >= 4 is 27.5 Å². The molecule has 0 radical (unpaired) electrons. The molecule has 29 heavy (non-hydrogen) atoms. The normalized spacial score (nSPS) is 17.7. The van der Waals surface area contributed by atoms with Gasteiger partial charge in [-0.3, -0.25) is 4.68 Å². The number of hydrogen-bond donors (Lipinski definition) is 0. The lowest BCUT2D eigenvalue weighted by atomic mass is 9.92. The molecule has 2 heterocycles. The number of aromatic nitrogens is 2. The smallest absolute Gasteiger partial charge is 0.410 e. The van der Waals surface area contributed by atoms with Gasteiger partial charge in [0.1, 0.15) is 6.61 Å². The molecule has 2 aromatic rings. The standard InChI is InChI=1S/C19H23ClFN3O4S/c1-19(21,29(26,27)17-12-16(20)22-23(17)2)15-8-10-24(11-9-15)18(25)28-13-14-6-4-3-5-7-14/h3-7,12,15H,8-11,13H2,1-2H3. The van der Waals surface area contributed by atoms with Gasteiger partial charge in [-0.25, -0.2) is 17.6 Å². The van der Waals surface area contributed by atoms with Crippen LogP contribution in [0.2, 0.25) is 5.15 Å². The number of halogens is 2. The maximum Gasteiger partial charge on any atom is 0.410 e. The third-order valence-electron chi connectivity index (χ3n) is 5.30. The van der Waals surface area contributed by atoms with Gasteiger partial charge < -0.3 is 9.64 Å². The summed E-state index contributed by atoms with van der Waals surface area (Å²) in [5.41, 5.74) is 0.869. The quantitative estimate of drug-likeness (QED) is 0.705. The van der Waals surface area contributed by atoms with Crippen LogP contribution in [0.15, 0.2) is 41.4 Å². The summed E-state index contributed by atoms with van der Waals surface area (Å²) >= 11 is 5.76. The molecule has 0 saturated carbocycles. The zero-order valence-electron chi connectivity index (χ0n) is 16.2. The topological polar surface area (TPSA) is 81.5 Å². The number of carbonyl (C=O) groups is 1. The summed E-state index contributed by atoms with van der Waals surface area (Å²) in [4.78, 5) is 13.7. The molecule has 7 nitrogen and oxygen atoms in total. The monoisotopic (exact) mass is 443 g/mol. The van der Waals surface area contributed by atoms with Gasteiger partial charge in [-0.05, 0) is 25.3 Å². The van der Waals surface area contributed by atoms with Crippen LogP contribution in [0, 0.1) is 5.92 Å². The molecular formula is C19H23ClFN3O4S. The minimum Gasteiger partial charge on any atom is -0.445 e. The number of benzene rings is 1. The molecule has 1 amide bonds. The molecule has 0 aliphatic carbocycles. The number of alkyl halides is 1. The predicted octanol–water partition coefficient (Wildman–Crippen LogP) is 3.58. The number of nitrogens with zero attached hydrogens (tertiary/aromatic N) is 3. The van der Waals surface area contributed by atoms with E-state index in [0.29, 0.717) is 0 Å². The van der Waals surface area contributed by atoms with E-state index < -0.39 is 26.8 Å². The minimum absolute atomic E-state index is 0.0159. The summed E-state index contributed by atoms with van der Waals surface area (Å²) < 4.78 is 47.6. The number of likely N-dealkylation sites (tertiary alicyclic amines) is 1. The first-order chi connectivity index (χ1) is 13.6. The van der Waals surface area contributed by atoms with Crippen molar-refractivity contribution in [2.45, 2.75) is 36.4 Å². The molecular weight excluding hydrogens is 421 g/mol. The predicted molar refractivity (Wildman–Crippen MR) is 106 cm³/mol. The SMILES string of the molecule is Cn1nc(Cl)cc1S(=O)(=O)C(C)(F)C1CCN(C(=O)OCc2ccccc2)CC1. The Balaban J connectivity index is 1.62. The number of carbonyl (C=O) groups excluding carboxylic acids is 1.